The number of hydrogen-bond donors (Lipinski definition) is 14. The molecule has 4 rings (SSSR count). The second kappa shape index (κ2) is 15.5. The predicted octanol–water partition coefficient (Wildman–Crippen LogP) is -9.66. The monoisotopic (exact) mass is 680 g/mol. The highest BCUT2D eigenvalue weighted by Gasteiger charge is 2.56. The smallest absolute Gasteiger partial charge is 0.335 e. The first kappa shape index (κ1) is 37.5. The van der Waals surface area contributed by atoms with E-state index in [4.69, 9.17) is 33.2 Å². The molecule has 22 nitrogen and oxygen atoms in total. The highest BCUT2D eigenvalue weighted by atomic mass is 16.8. The number of ether oxygens (including phenoxy) is 7. The molecule has 0 amide bonds. The lowest BCUT2D eigenvalue weighted by molar-refractivity contribution is -0.384. The number of aliphatic hydroxyl groups excluding tert-OH is 13. The van der Waals surface area contributed by atoms with Crippen molar-refractivity contribution in [2.45, 2.75) is 123 Å². The Bertz CT molecular complexity index is 986. The van der Waals surface area contributed by atoms with Crippen LogP contribution in [0, 0.1) is 0 Å². The molecule has 46 heavy (non-hydrogen) atoms. The van der Waals surface area contributed by atoms with Gasteiger partial charge in [0.15, 0.2) is 31.3 Å². The van der Waals surface area contributed by atoms with Crippen LogP contribution in [0.1, 0.15) is 0 Å². The van der Waals surface area contributed by atoms with Gasteiger partial charge in [0, 0.05) is 0 Å². The maximum Gasteiger partial charge on any atom is 0.335 e. The van der Waals surface area contributed by atoms with Gasteiger partial charge in [-0.1, -0.05) is 0 Å². The minimum absolute atomic E-state index is 0.813. The topological polar surface area (TPSA) is 365 Å². The average Bonchev–Trinajstić information content (AvgIpc) is 3.03. The lowest BCUT2D eigenvalue weighted by atomic mass is 9.95. The first-order valence-electron chi connectivity index (χ1n) is 14.1. The Balaban J connectivity index is 1.46. The van der Waals surface area contributed by atoms with Crippen LogP contribution in [0.5, 0.6) is 0 Å². The second-order valence-corrected chi connectivity index (χ2v) is 11.2. The van der Waals surface area contributed by atoms with Crippen molar-refractivity contribution < 1.29 is 109 Å². The molecule has 268 valence electrons. The molecule has 4 heterocycles. The Labute approximate surface area is 258 Å². The molecule has 0 aromatic carbocycles. The molecule has 11 unspecified atom stereocenters. The van der Waals surface area contributed by atoms with E-state index in [1.165, 1.54) is 0 Å². The molecule has 4 aliphatic heterocycles. The maximum absolute atomic E-state index is 12.1. The molecule has 4 fully saturated rings. The summed E-state index contributed by atoms with van der Waals surface area (Å²) < 4.78 is 37.0. The molecule has 20 atom stereocenters. The summed E-state index contributed by atoms with van der Waals surface area (Å²) >= 11 is 0. The summed E-state index contributed by atoms with van der Waals surface area (Å²) in [6.45, 7) is -2.65. The van der Waals surface area contributed by atoms with E-state index < -0.39 is 149 Å². The van der Waals surface area contributed by atoms with Crippen molar-refractivity contribution in [1.29, 1.82) is 0 Å². The van der Waals surface area contributed by atoms with Gasteiger partial charge in [-0.3, -0.25) is 0 Å². The average molecular weight is 681 g/mol. The van der Waals surface area contributed by atoms with Crippen molar-refractivity contribution >= 4 is 5.97 Å². The molecule has 0 aromatic rings. The molecular weight excluding hydrogens is 640 g/mol. The molecule has 4 saturated heterocycles. The molecule has 22 heteroatoms. The summed E-state index contributed by atoms with van der Waals surface area (Å²) in [4.78, 5) is 12.1. The van der Waals surface area contributed by atoms with Gasteiger partial charge in [0.05, 0.1) is 19.8 Å². The van der Waals surface area contributed by atoms with Gasteiger partial charge < -0.3 is 105 Å². The van der Waals surface area contributed by atoms with E-state index in [0.29, 0.717) is 0 Å². The Kier molecular flexibility index (Phi) is 12.6. The lowest BCUT2D eigenvalue weighted by Gasteiger charge is -2.48. The Hall–Kier alpha value is -1.33. The quantitative estimate of drug-likeness (QED) is 0.102. The fraction of sp³-hybridized carbons (Fsp3) is 0.958. The molecule has 4 aliphatic rings. The summed E-state index contributed by atoms with van der Waals surface area (Å²) in [5.74, 6) is -1.81. The standard InChI is InChI=1S/C24H40O22/c25-1-4-7(28)8(29)13(34)22(41-4)43-17-6(3-27)42-23(14(35)10(17)31)45-18-11(32)15(36)24(46-19(18)20(37)38)44-16-5(2-26)40-21(39)12(33)9(16)30/h4-19,21-36,39H,1-3H2,(H,37,38)/t4?,5?,6?,7-,8+,9?,10?,11?,12?,13?,14?,15?,16-,17+,18+,19?,21-,22-,23-,24-/m1/s1. The SMILES string of the molecule is O=C(O)C1O[C@@H](O[C@@H]2C(CO)O[C@@H](O)C(O)C2O)C(O)C(O)[C@@H]1O[C@H]1OC(CO)[C@H](O[C@H]2OC(CO)[C@@H](O)[C@H](O)C2O)C(O)C1O. The predicted molar refractivity (Wildman–Crippen MR) is 134 cm³/mol. The maximum atomic E-state index is 12.1. The van der Waals surface area contributed by atoms with Gasteiger partial charge in [-0.25, -0.2) is 4.79 Å². The number of aliphatic carboxylic acids is 1. The summed E-state index contributed by atoms with van der Waals surface area (Å²) in [5.41, 5.74) is 0. The number of carboxylic acids is 1. The summed E-state index contributed by atoms with van der Waals surface area (Å²) in [6, 6.07) is 0. The molecule has 0 spiro atoms. The Morgan fingerprint density at radius 1 is 0.457 bits per heavy atom. The van der Waals surface area contributed by atoms with E-state index in [1.54, 1.807) is 0 Å². The molecule has 0 bridgehead atoms. The normalized spacial score (nSPS) is 51.9. The van der Waals surface area contributed by atoms with Crippen molar-refractivity contribution in [3.05, 3.63) is 0 Å². The largest absolute Gasteiger partial charge is 0.479 e. The summed E-state index contributed by atoms with van der Waals surface area (Å²) in [6.07, 6.45) is -38.1. The van der Waals surface area contributed by atoms with Crippen molar-refractivity contribution in [2.24, 2.45) is 0 Å². The summed E-state index contributed by atoms with van der Waals surface area (Å²) in [7, 11) is 0. The van der Waals surface area contributed by atoms with Crippen molar-refractivity contribution in [3.8, 4) is 0 Å². The van der Waals surface area contributed by atoms with E-state index in [2.05, 4.69) is 0 Å². The zero-order valence-electron chi connectivity index (χ0n) is 23.7. The fourth-order valence-electron chi connectivity index (χ4n) is 5.51. The third-order valence-electron chi connectivity index (χ3n) is 8.17. The van der Waals surface area contributed by atoms with Gasteiger partial charge in [-0.15, -0.1) is 0 Å². The first-order valence-corrected chi connectivity index (χ1v) is 14.1. The van der Waals surface area contributed by atoms with Crippen molar-refractivity contribution in [3.63, 3.8) is 0 Å². The van der Waals surface area contributed by atoms with Gasteiger partial charge in [0.1, 0.15) is 91.6 Å². The minimum Gasteiger partial charge on any atom is -0.479 e. The number of aliphatic hydroxyl groups is 13. The van der Waals surface area contributed by atoms with Crippen LogP contribution in [0.3, 0.4) is 0 Å². The number of carboxylic acid groups (broad SMARTS) is 1. The molecule has 0 aliphatic carbocycles. The Morgan fingerprint density at radius 2 is 0.848 bits per heavy atom. The van der Waals surface area contributed by atoms with Crippen LogP contribution in [-0.4, -0.2) is 220 Å². The van der Waals surface area contributed by atoms with E-state index in [0.717, 1.165) is 0 Å². The van der Waals surface area contributed by atoms with Gasteiger partial charge in [0.25, 0.3) is 0 Å². The van der Waals surface area contributed by atoms with Crippen molar-refractivity contribution in [2.75, 3.05) is 19.8 Å². The van der Waals surface area contributed by atoms with E-state index >= 15 is 0 Å². The highest BCUT2D eigenvalue weighted by molar-refractivity contribution is 5.73. The van der Waals surface area contributed by atoms with Gasteiger partial charge >= 0.3 is 5.97 Å². The fourth-order valence-corrected chi connectivity index (χ4v) is 5.51. The van der Waals surface area contributed by atoms with Crippen LogP contribution in [-0.2, 0) is 38.0 Å². The van der Waals surface area contributed by atoms with Crippen LogP contribution < -0.4 is 0 Å². The number of carbonyl (C=O) groups is 1. The third-order valence-corrected chi connectivity index (χ3v) is 8.17. The van der Waals surface area contributed by atoms with Crippen LogP contribution in [0.15, 0.2) is 0 Å². The van der Waals surface area contributed by atoms with E-state index in [1.807, 2.05) is 0 Å². The van der Waals surface area contributed by atoms with Gasteiger partial charge in [0.2, 0.25) is 0 Å². The molecule has 14 N–H and O–H groups in total. The summed E-state index contributed by atoms with van der Waals surface area (Å²) in [5, 5.41) is 142. The minimum atomic E-state index is -2.21. The highest BCUT2D eigenvalue weighted by Crippen LogP contribution is 2.34. The second-order valence-electron chi connectivity index (χ2n) is 11.2. The lowest BCUT2D eigenvalue weighted by Crippen LogP contribution is -2.68. The van der Waals surface area contributed by atoms with Crippen LogP contribution in [0.2, 0.25) is 0 Å². The van der Waals surface area contributed by atoms with Crippen LogP contribution >= 0.6 is 0 Å². The third kappa shape index (κ3) is 7.31. The molecule has 0 saturated carbocycles. The molecule has 0 aromatic heterocycles. The van der Waals surface area contributed by atoms with E-state index in [9.17, 15) is 76.3 Å². The molecule has 0 radical (unpaired) electrons. The number of rotatable bonds is 10. The van der Waals surface area contributed by atoms with E-state index in [-0.39, 0.29) is 0 Å². The van der Waals surface area contributed by atoms with Gasteiger partial charge in [-0.2, -0.15) is 0 Å². The van der Waals surface area contributed by atoms with Crippen LogP contribution in [0.4, 0.5) is 0 Å². The Morgan fingerprint density at radius 3 is 1.35 bits per heavy atom. The zero-order chi connectivity index (χ0) is 34.2. The van der Waals surface area contributed by atoms with Crippen molar-refractivity contribution in [1.82, 2.24) is 0 Å². The van der Waals surface area contributed by atoms with Crippen LogP contribution in [0.25, 0.3) is 0 Å². The zero-order valence-corrected chi connectivity index (χ0v) is 23.7. The first-order chi connectivity index (χ1) is 21.7. The number of hydrogen-bond acceptors (Lipinski definition) is 21. The molecular formula is C24H40O22. The van der Waals surface area contributed by atoms with Gasteiger partial charge in [-0.05, 0) is 0 Å².